The van der Waals surface area contributed by atoms with Crippen molar-refractivity contribution in [3.8, 4) is 10.6 Å². The number of halogens is 1. The van der Waals surface area contributed by atoms with Crippen LogP contribution in [0.15, 0.2) is 42.0 Å². The zero-order valence-corrected chi connectivity index (χ0v) is 9.96. The van der Waals surface area contributed by atoms with Gasteiger partial charge in [-0.05, 0) is 23.6 Å². The summed E-state index contributed by atoms with van der Waals surface area (Å²) in [6, 6.07) is 7.86. The third-order valence-electron chi connectivity index (χ3n) is 2.29. The molecule has 0 atom stereocenters. The molecule has 0 saturated carbocycles. The Morgan fingerprint density at radius 2 is 2.12 bits per heavy atom. The van der Waals surface area contributed by atoms with Gasteiger partial charge < -0.3 is 10.1 Å². The lowest BCUT2D eigenvalue weighted by molar-refractivity contribution is 1.19. The molecule has 0 bridgehead atoms. The third-order valence-corrected chi connectivity index (χ3v) is 3.18. The van der Waals surface area contributed by atoms with E-state index in [4.69, 9.17) is 5.73 Å². The number of nitrogen functional groups attached to an aromatic ring is 1. The molecule has 0 aliphatic heterocycles. The van der Waals surface area contributed by atoms with Crippen LogP contribution in [0, 0.1) is 0 Å². The highest BCUT2D eigenvalue weighted by Crippen LogP contribution is 2.25. The van der Waals surface area contributed by atoms with Crippen molar-refractivity contribution in [2.24, 2.45) is 0 Å². The molecule has 0 amide bonds. The van der Waals surface area contributed by atoms with Gasteiger partial charge in [-0.25, -0.2) is 4.98 Å². The molecule has 3 aromatic heterocycles. The molecule has 2 N–H and O–H groups in total. The lowest BCUT2D eigenvalue weighted by atomic mass is 10.4. The first kappa shape index (κ1) is 11.0. The van der Waals surface area contributed by atoms with E-state index in [1.54, 1.807) is 11.3 Å². The first-order chi connectivity index (χ1) is 7.34. The molecule has 3 rings (SSSR count). The number of fused-ring (bicyclic) bond motifs is 1. The summed E-state index contributed by atoms with van der Waals surface area (Å²) in [5, 5.41) is 2.04. The van der Waals surface area contributed by atoms with Gasteiger partial charge in [-0.15, -0.1) is 23.7 Å². The van der Waals surface area contributed by atoms with Crippen LogP contribution < -0.4 is 5.73 Å². The molecule has 3 aromatic rings. The molecule has 3 nitrogen and oxygen atoms in total. The molecule has 5 heteroatoms. The standard InChI is InChI=1S/C11H9N3S.ClH/c12-8-3-1-5-14-7-9(13-11(8)14)10-4-2-6-15-10;/h1-7H,12H2;1H. The number of nitrogens with zero attached hydrogens (tertiary/aromatic N) is 2. The van der Waals surface area contributed by atoms with E-state index in [2.05, 4.69) is 11.1 Å². The second kappa shape index (κ2) is 4.15. The summed E-state index contributed by atoms with van der Waals surface area (Å²) in [7, 11) is 0. The number of nitrogens with two attached hydrogens (primary N) is 1. The second-order valence-corrected chi connectivity index (χ2v) is 4.25. The van der Waals surface area contributed by atoms with E-state index in [1.807, 2.05) is 40.4 Å². The highest BCUT2D eigenvalue weighted by Gasteiger charge is 2.06. The first-order valence-corrected chi connectivity index (χ1v) is 5.49. The zero-order valence-electron chi connectivity index (χ0n) is 8.33. The first-order valence-electron chi connectivity index (χ1n) is 4.62. The average molecular weight is 252 g/mol. The highest BCUT2D eigenvalue weighted by molar-refractivity contribution is 7.13. The fraction of sp³-hybridized carbons (Fsp3) is 0. The van der Waals surface area contributed by atoms with Crippen LogP contribution in [0.1, 0.15) is 0 Å². The fourth-order valence-electron chi connectivity index (χ4n) is 1.58. The van der Waals surface area contributed by atoms with Crippen LogP contribution in [-0.2, 0) is 0 Å². The molecular formula is C11H10ClN3S. The SMILES string of the molecule is Cl.Nc1cccn2cc(-c3cccs3)nc12. The number of pyridine rings is 1. The van der Waals surface area contributed by atoms with Crippen molar-refractivity contribution in [1.29, 1.82) is 0 Å². The van der Waals surface area contributed by atoms with Crippen molar-refractivity contribution >= 4 is 35.1 Å². The Morgan fingerprint density at radius 3 is 2.81 bits per heavy atom. The van der Waals surface area contributed by atoms with E-state index in [-0.39, 0.29) is 12.4 Å². The number of aromatic nitrogens is 2. The molecule has 0 unspecified atom stereocenters. The minimum atomic E-state index is 0. The van der Waals surface area contributed by atoms with Gasteiger partial charge in [-0.2, -0.15) is 0 Å². The molecule has 0 aromatic carbocycles. The Morgan fingerprint density at radius 1 is 1.25 bits per heavy atom. The van der Waals surface area contributed by atoms with Gasteiger partial charge in [-0.3, -0.25) is 0 Å². The zero-order chi connectivity index (χ0) is 10.3. The molecule has 82 valence electrons. The molecule has 0 saturated heterocycles. The summed E-state index contributed by atoms with van der Waals surface area (Å²) in [4.78, 5) is 5.67. The molecular weight excluding hydrogens is 242 g/mol. The molecule has 0 aliphatic carbocycles. The van der Waals surface area contributed by atoms with Gasteiger partial charge in [-0.1, -0.05) is 6.07 Å². The number of rotatable bonds is 1. The normalized spacial score (nSPS) is 10.2. The van der Waals surface area contributed by atoms with Crippen molar-refractivity contribution < 1.29 is 0 Å². The van der Waals surface area contributed by atoms with Crippen LogP contribution in [0.25, 0.3) is 16.2 Å². The van der Waals surface area contributed by atoms with Gasteiger partial charge >= 0.3 is 0 Å². The smallest absolute Gasteiger partial charge is 0.160 e. The topological polar surface area (TPSA) is 43.3 Å². The summed E-state index contributed by atoms with van der Waals surface area (Å²) in [5.74, 6) is 0. The van der Waals surface area contributed by atoms with Crippen molar-refractivity contribution in [3.05, 3.63) is 42.0 Å². The van der Waals surface area contributed by atoms with Crippen LogP contribution in [0.3, 0.4) is 0 Å². The van der Waals surface area contributed by atoms with Crippen LogP contribution in [0.5, 0.6) is 0 Å². The summed E-state index contributed by atoms with van der Waals surface area (Å²) >= 11 is 1.68. The van der Waals surface area contributed by atoms with E-state index < -0.39 is 0 Å². The monoisotopic (exact) mass is 251 g/mol. The van der Waals surface area contributed by atoms with E-state index in [0.717, 1.165) is 16.2 Å². The third kappa shape index (κ3) is 1.66. The van der Waals surface area contributed by atoms with Gasteiger partial charge in [0.25, 0.3) is 0 Å². The Labute approximate surface area is 103 Å². The van der Waals surface area contributed by atoms with Crippen molar-refractivity contribution in [3.63, 3.8) is 0 Å². The van der Waals surface area contributed by atoms with Gasteiger partial charge in [0.2, 0.25) is 0 Å². The Bertz CT molecular complexity index is 601. The summed E-state index contributed by atoms with van der Waals surface area (Å²) in [5.41, 5.74) is 8.35. The second-order valence-electron chi connectivity index (χ2n) is 3.30. The Kier molecular flexibility index (Phi) is 2.85. The number of hydrogen-bond donors (Lipinski definition) is 1. The van der Waals surface area contributed by atoms with Crippen molar-refractivity contribution in [2.45, 2.75) is 0 Å². The lowest BCUT2D eigenvalue weighted by Gasteiger charge is -1.94. The fourth-order valence-corrected chi connectivity index (χ4v) is 2.26. The van der Waals surface area contributed by atoms with Gasteiger partial charge in [0.1, 0.15) is 0 Å². The number of thiophene rings is 1. The number of anilines is 1. The molecule has 16 heavy (non-hydrogen) atoms. The van der Waals surface area contributed by atoms with Crippen LogP contribution in [0.2, 0.25) is 0 Å². The van der Waals surface area contributed by atoms with Crippen LogP contribution >= 0.6 is 23.7 Å². The number of imidazole rings is 1. The van der Waals surface area contributed by atoms with E-state index in [0.29, 0.717) is 5.69 Å². The maximum absolute atomic E-state index is 5.84. The summed E-state index contributed by atoms with van der Waals surface area (Å²) < 4.78 is 1.95. The van der Waals surface area contributed by atoms with Crippen molar-refractivity contribution in [2.75, 3.05) is 5.73 Å². The van der Waals surface area contributed by atoms with Crippen LogP contribution in [-0.4, -0.2) is 9.38 Å². The minimum Gasteiger partial charge on any atom is -0.396 e. The maximum atomic E-state index is 5.84. The number of hydrogen-bond acceptors (Lipinski definition) is 3. The van der Waals surface area contributed by atoms with Gasteiger partial charge in [0.05, 0.1) is 16.3 Å². The van der Waals surface area contributed by atoms with E-state index in [1.165, 1.54) is 0 Å². The quantitative estimate of drug-likeness (QED) is 0.722. The van der Waals surface area contributed by atoms with Gasteiger partial charge in [0, 0.05) is 12.4 Å². The summed E-state index contributed by atoms with van der Waals surface area (Å²) in [6.07, 6.45) is 3.95. The Hall–Kier alpha value is -1.52. The minimum absolute atomic E-state index is 0. The Balaban J connectivity index is 0.000000963. The average Bonchev–Trinajstić information content (AvgIpc) is 2.86. The van der Waals surface area contributed by atoms with E-state index in [9.17, 15) is 0 Å². The summed E-state index contributed by atoms with van der Waals surface area (Å²) in [6.45, 7) is 0. The molecule has 0 aliphatic rings. The molecule has 0 spiro atoms. The maximum Gasteiger partial charge on any atom is 0.160 e. The van der Waals surface area contributed by atoms with E-state index >= 15 is 0 Å². The van der Waals surface area contributed by atoms with Crippen molar-refractivity contribution in [1.82, 2.24) is 9.38 Å². The predicted molar refractivity (Wildman–Crippen MR) is 70.2 cm³/mol. The van der Waals surface area contributed by atoms with Gasteiger partial charge in [0.15, 0.2) is 5.65 Å². The molecule has 0 fully saturated rings. The highest BCUT2D eigenvalue weighted by atomic mass is 35.5. The molecule has 3 heterocycles. The predicted octanol–water partition coefficient (Wildman–Crippen LogP) is 3.07. The lowest BCUT2D eigenvalue weighted by Crippen LogP contribution is -1.90. The molecule has 0 radical (unpaired) electrons. The largest absolute Gasteiger partial charge is 0.396 e. The van der Waals surface area contributed by atoms with Crippen LogP contribution in [0.4, 0.5) is 5.69 Å².